The van der Waals surface area contributed by atoms with E-state index in [0.29, 0.717) is 0 Å². The first-order valence-electron chi connectivity index (χ1n) is 5.50. The summed E-state index contributed by atoms with van der Waals surface area (Å²) in [5, 5.41) is 0. The second kappa shape index (κ2) is 6.01. The van der Waals surface area contributed by atoms with Crippen molar-refractivity contribution in [2.45, 2.75) is 48.0 Å². The molecule has 0 amide bonds. The van der Waals surface area contributed by atoms with Gasteiger partial charge in [0.25, 0.3) is 0 Å². The third-order valence-electron chi connectivity index (χ3n) is 2.71. The molecule has 1 unspecified atom stereocenters. The molecule has 1 aliphatic carbocycles. The highest BCUT2D eigenvalue weighted by atomic mass is 14.2. The summed E-state index contributed by atoms with van der Waals surface area (Å²) >= 11 is 0. The van der Waals surface area contributed by atoms with Gasteiger partial charge >= 0.3 is 0 Å². The zero-order chi connectivity index (χ0) is 10.4. The van der Waals surface area contributed by atoms with Crippen LogP contribution in [0.5, 0.6) is 0 Å². The van der Waals surface area contributed by atoms with Crippen molar-refractivity contribution in [2.75, 3.05) is 0 Å². The molecule has 1 rings (SSSR count). The number of hydrogen-bond donors (Lipinski definition) is 0. The van der Waals surface area contributed by atoms with E-state index < -0.39 is 0 Å². The standard InChI is InChI=1S/C11H18.C2H6/c1-8(2)10(4)11-7-5-6-9(11)3;1-2/h6-8,10H,5H2,1-4H3;1-2H3. The van der Waals surface area contributed by atoms with E-state index in [2.05, 4.69) is 39.8 Å². The van der Waals surface area contributed by atoms with E-state index in [1.165, 1.54) is 5.57 Å². The molecule has 0 fully saturated rings. The second-order valence-corrected chi connectivity index (χ2v) is 3.81. The van der Waals surface area contributed by atoms with Crippen molar-refractivity contribution in [1.29, 1.82) is 0 Å². The third-order valence-corrected chi connectivity index (χ3v) is 2.71. The number of allylic oxidation sites excluding steroid dienone is 4. The Balaban J connectivity index is 0.000000671. The molecule has 0 N–H and O–H groups in total. The molecular weight excluding hydrogens is 156 g/mol. The van der Waals surface area contributed by atoms with E-state index >= 15 is 0 Å². The van der Waals surface area contributed by atoms with Gasteiger partial charge in [-0.25, -0.2) is 0 Å². The Kier molecular flexibility index (Phi) is 5.77. The van der Waals surface area contributed by atoms with Crippen molar-refractivity contribution < 1.29 is 0 Å². The van der Waals surface area contributed by atoms with Gasteiger partial charge in [0, 0.05) is 0 Å². The van der Waals surface area contributed by atoms with E-state index in [-0.39, 0.29) is 0 Å². The van der Waals surface area contributed by atoms with Gasteiger partial charge in [-0.1, -0.05) is 52.3 Å². The van der Waals surface area contributed by atoms with Crippen LogP contribution in [0.4, 0.5) is 0 Å². The Labute approximate surface area is 83.7 Å². The topological polar surface area (TPSA) is 0 Å². The molecular formula is C13H24. The maximum absolute atomic E-state index is 2.36. The minimum atomic E-state index is 0.730. The van der Waals surface area contributed by atoms with Crippen molar-refractivity contribution in [1.82, 2.24) is 0 Å². The maximum atomic E-state index is 2.36. The summed E-state index contributed by atoms with van der Waals surface area (Å²) < 4.78 is 0. The Morgan fingerprint density at radius 3 is 1.92 bits per heavy atom. The molecule has 0 heterocycles. The molecule has 1 aliphatic rings. The highest BCUT2D eigenvalue weighted by Crippen LogP contribution is 2.30. The normalized spacial score (nSPS) is 17.5. The summed E-state index contributed by atoms with van der Waals surface area (Å²) in [6, 6.07) is 0. The molecule has 1 atom stereocenters. The molecule has 0 aromatic heterocycles. The minimum Gasteiger partial charge on any atom is -0.0775 e. The fourth-order valence-electron chi connectivity index (χ4n) is 1.55. The number of rotatable bonds is 2. The Morgan fingerprint density at radius 1 is 1.08 bits per heavy atom. The van der Waals surface area contributed by atoms with Crippen LogP contribution in [0.1, 0.15) is 48.0 Å². The summed E-state index contributed by atoms with van der Waals surface area (Å²) in [7, 11) is 0. The van der Waals surface area contributed by atoms with E-state index in [1.54, 1.807) is 5.57 Å². The van der Waals surface area contributed by atoms with Gasteiger partial charge < -0.3 is 0 Å². The predicted molar refractivity (Wildman–Crippen MR) is 61.8 cm³/mol. The molecule has 0 heteroatoms. The van der Waals surface area contributed by atoms with E-state index in [9.17, 15) is 0 Å². The Hall–Kier alpha value is -0.520. The number of hydrogen-bond acceptors (Lipinski definition) is 0. The molecule has 0 aromatic carbocycles. The van der Waals surface area contributed by atoms with Crippen LogP contribution in [0.3, 0.4) is 0 Å². The van der Waals surface area contributed by atoms with E-state index in [0.717, 1.165) is 18.3 Å². The average Bonchev–Trinajstić information content (AvgIpc) is 2.53. The molecule has 0 aliphatic heterocycles. The fourth-order valence-corrected chi connectivity index (χ4v) is 1.55. The van der Waals surface area contributed by atoms with Crippen molar-refractivity contribution in [3.8, 4) is 0 Å². The van der Waals surface area contributed by atoms with Gasteiger partial charge in [-0.2, -0.15) is 0 Å². The highest BCUT2D eigenvalue weighted by Gasteiger charge is 2.15. The summed E-state index contributed by atoms with van der Waals surface area (Å²) in [6.45, 7) is 13.1. The monoisotopic (exact) mass is 180 g/mol. The maximum Gasteiger partial charge on any atom is -0.0157 e. The summed E-state index contributed by atoms with van der Waals surface area (Å²) in [5.41, 5.74) is 3.06. The van der Waals surface area contributed by atoms with Crippen LogP contribution in [-0.4, -0.2) is 0 Å². The molecule has 76 valence electrons. The first kappa shape index (κ1) is 12.5. The van der Waals surface area contributed by atoms with Crippen molar-refractivity contribution >= 4 is 0 Å². The van der Waals surface area contributed by atoms with Crippen LogP contribution in [0.25, 0.3) is 0 Å². The zero-order valence-electron chi connectivity index (χ0n) is 10.0. The van der Waals surface area contributed by atoms with E-state index in [4.69, 9.17) is 0 Å². The highest BCUT2D eigenvalue weighted by molar-refractivity contribution is 5.36. The molecule has 0 aromatic rings. The fraction of sp³-hybridized carbons (Fsp3) is 0.692. The van der Waals surface area contributed by atoms with Crippen molar-refractivity contribution in [2.24, 2.45) is 11.8 Å². The van der Waals surface area contributed by atoms with Gasteiger partial charge in [-0.3, -0.25) is 0 Å². The molecule has 0 saturated heterocycles. The molecule has 0 nitrogen and oxygen atoms in total. The van der Waals surface area contributed by atoms with Gasteiger partial charge in [0.1, 0.15) is 0 Å². The molecule has 13 heavy (non-hydrogen) atoms. The Morgan fingerprint density at radius 2 is 1.62 bits per heavy atom. The summed E-state index contributed by atoms with van der Waals surface area (Å²) in [4.78, 5) is 0. The summed E-state index contributed by atoms with van der Waals surface area (Å²) in [6.07, 6.45) is 5.83. The van der Waals surface area contributed by atoms with Gasteiger partial charge in [-0.05, 0) is 30.8 Å². The molecule has 0 bridgehead atoms. The van der Waals surface area contributed by atoms with Crippen LogP contribution in [0, 0.1) is 11.8 Å². The lowest BCUT2D eigenvalue weighted by atomic mass is 9.88. The van der Waals surface area contributed by atoms with Crippen LogP contribution < -0.4 is 0 Å². The predicted octanol–water partition coefficient (Wildman–Crippen LogP) is 4.58. The van der Waals surface area contributed by atoms with Crippen LogP contribution in [0.15, 0.2) is 23.3 Å². The smallest absolute Gasteiger partial charge is 0.0157 e. The SMILES string of the molecule is CC.CC1=CCC=C1C(C)C(C)C. The Bertz CT molecular complexity index is 194. The lowest BCUT2D eigenvalue weighted by Gasteiger charge is -2.18. The van der Waals surface area contributed by atoms with Gasteiger partial charge in [-0.15, -0.1) is 0 Å². The van der Waals surface area contributed by atoms with Gasteiger partial charge in [0.15, 0.2) is 0 Å². The second-order valence-electron chi connectivity index (χ2n) is 3.81. The zero-order valence-corrected chi connectivity index (χ0v) is 10.0. The molecule has 0 spiro atoms. The minimum absolute atomic E-state index is 0.730. The molecule has 0 saturated carbocycles. The van der Waals surface area contributed by atoms with E-state index in [1.807, 2.05) is 13.8 Å². The van der Waals surface area contributed by atoms with Crippen LogP contribution >= 0.6 is 0 Å². The summed E-state index contributed by atoms with van der Waals surface area (Å²) in [5.74, 6) is 1.50. The molecule has 0 radical (unpaired) electrons. The van der Waals surface area contributed by atoms with Crippen LogP contribution in [-0.2, 0) is 0 Å². The lowest BCUT2D eigenvalue weighted by Crippen LogP contribution is -2.06. The van der Waals surface area contributed by atoms with Gasteiger partial charge in [0.2, 0.25) is 0 Å². The first-order chi connectivity index (χ1) is 6.13. The average molecular weight is 180 g/mol. The van der Waals surface area contributed by atoms with Crippen molar-refractivity contribution in [3.05, 3.63) is 23.3 Å². The van der Waals surface area contributed by atoms with Crippen molar-refractivity contribution in [3.63, 3.8) is 0 Å². The largest absolute Gasteiger partial charge is 0.0775 e. The quantitative estimate of drug-likeness (QED) is 0.583. The lowest BCUT2D eigenvalue weighted by molar-refractivity contribution is 0.485. The third kappa shape index (κ3) is 3.38. The van der Waals surface area contributed by atoms with Gasteiger partial charge in [0.05, 0.1) is 0 Å². The van der Waals surface area contributed by atoms with Crippen LogP contribution in [0.2, 0.25) is 0 Å². The first-order valence-corrected chi connectivity index (χ1v) is 5.50.